The van der Waals surface area contributed by atoms with E-state index in [1.165, 1.54) is 6.42 Å². The van der Waals surface area contributed by atoms with E-state index < -0.39 is 0 Å². The molecule has 1 aromatic heterocycles. The first-order valence-corrected chi connectivity index (χ1v) is 5.91. The van der Waals surface area contributed by atoms with Crippen molar-refractivity contribution >= 4 is 23.1 Å². The molecule has 0 aromatic carbocycles. The first kappa shape index (κ1) is 11.5. The zero-order valence-electron chi connectivity index (χ0n) is 9.08. The molecule has 0 saturated carbocycles. The van der Waals surface area contributed by atoms with Crippen molar-refractivity contribution in [2.45, 2.75) is 25.4 Å². The fourth-order valence-electron chi connectivity index (χ4n) is 1.81. The highest BCUT2D eigenvalue weighted by atomic mass is 35.5. The van der Waals surface area contributed by atoms with Crippen molar-refractivity contribution in [2.24, 2.45) is 0 Å². The molecule has 0 spiro atoms. The Balaban J connectivity index is 1.82. The second-order valence-electron chi connectivity index (χ2n) is 3.92. The molecule has 1 aliphatic rings. The largest absolute Gasteiger partial charge is 0.396 e. The summed E-state index contributed by atoms with van der Waals surface area (Å²) in [5, 5.41) is 3.63. The van der Waals surface area contributed by atoms with Gasteiger partial charge in [0, 0.05) is 13.2 Å². The lowest BCUT2D eigenvalue weighted by Crippen LogP contribution is -2.13. The quantitative estimate of drug-likeness (QED) is 0.795. The molecule has 2 heterocycles. The second-order valence-corrected chi connectivity index (χ2v) is 4.31. The number of nitrogens with zero attached hydrogens (tertiary/aromatic N) is 1. The number of pyridine rings is 1. The topological polar surface area (TPSA) is 60.2 Å². The van der Waals surface area contributed by atoms with E-state index in [1.807, 2.05) is 0 Å². The third kappa shape index (κ3) is 3.00. The van der Waals surface area contributed by atoms with Gasteiger partial charge in [-0.05, 0) is 31.4 Å². The highest BCUT2D eigenvalue weighted by Gasteiger charge is 2.14. The van der Waals surface area contributed by atoms with E-state index >= 15 is 0 Å². The van der Waals surface area contributed by atoms with Crippen molar-refractivity contribution in [3.63, 3.8) is 0 Å². The van der Waals surface area contributed by atoms with E-state index in [0.29, 0.717) is 22.8 Å². The third-order valence-electron chi connectivity index (χ3n) is 2.68. The van der Waals surface area contributed by atoms with Gasteiger partial charge in [-0.2, -0.15) is 0 Å². The number of hydrogen-bond acceptors (Lipinski definition) is 4. The van der Waals surface area contributed by atoms with Gasteiger partial charge in [-0.15, -0.1) is 0 Å². The number of nitrogen functional groups attached to an aromatic ring is 1. The normalized spacial score (nSPS) is 19.9. The Bertz CT molecular complexity index is 353. The number of halogens is 1. The highest BCUT2D eigenvalue weighted by Crippen LogP contribution is 2.19. The zero-order valence-corrected chi connectivity index (χ0v) is 9.83. The van der Waals surface area contributed by atoms with Crippen LogP contribution in [0.4, 0.5) is 11.5 Å². The summed E-state index contributed by atoms with van der Waals surface area (Å²) in [7, 11) is 0. The zero-order chi connectivity index (χ0) is 11.4. The Morgan fingerprint density at radius 3 is 3.19 bits per heavy atom. The van der Waals surface area contributed by atoms with Crippen molar-refractivity contribution in [1.29, 1.82) is 0 Å². The lowest BCUT2D eigenvalue weighted by Gasteiger charge is -2.11. The van der Waals surface area contributed by atoms with E-state index in [4.69, 9.17) is 22.1 Å². The Morgan fingerprint density at radius 2 is 2.44 bits per heavy atom. The maximum Gasteiger partial charge on any atom is 0.150 e. The lowest BCUT2D eigenvalue weighted by atomic mass is 10.2. The maximum atomic E-state index is 5.79. The van der Waals surface area contributed by atoms with Gasteiger partial charge in [-0.25, -0.2) is 4.98 Å². The van der Waals surface area contributed by atoms with Crippen LogP contribution in [0.3, 0.4) is 0 Å². The molecule has 0 radical (unpaired) electrons. The van der Waals surface area contributed by atoms with Crippen molar-refractivity contribution < 1.29 is 4.74 Å². The second kappa shape index (κ2) is 5.37. The van der Waals surface area contributed by atoms with Gasteiger partial charge in [0.2, 0.25) is 0 Å². The average Bonchev–Trinajstić information content (AvgIpc) is 2.76. The molecule has 5 heteroatoms. The Kier molecular flexibility index (Phi) is 3.85. The molecule has 1 fully saturated rings. The molecule has 88 valence electrons. The molecular weight excluding hydrogens is 226 g/mol. The molecule has 0 bridgehead atoms. The van der Waals surface area contributed by atoms with Crippen molar-refractivity contribution in [3.05, 3.63) is 17.3 Å². The summed E-state index contributed by atoms with van der Waals surface area (Å²) in [6.07, 6.45) is 3.68. The van der Waals surface area contributed by atoms with Gasteiger partial charge in [0.05, 0.1) is 11.8 Å². The summed E-state index contributed by atoms with van der Waals surface area (Å²) in [6, 6.07) is 3.44. The number of nitrogens with one attached hydrogen (secondary N) is 1. The van der Waals surface area contributed by atoms with Gasteiger partial charge >= 0.3 is 0 Å². The van der Waals surface area contributed by atoms with Crippen LogP contribution in [0.5, 0.6) is 0 Å². The SMILES string of the molecule is Nc1ccc(Cl)nc1NCCC1CCCO1. The molecule has 1 saturated heterocycles. The Morgan fingerprint density at radius 1 is 1.56 bits per heavy atom. The minimum atomic E-state index is 0.382. The maximum absolute atomic E-state index is 5.79. The Hall–Kier alpha value is -1.00. The van der Waals surface area contributed by atoms with Crippen molar-refractivity contribution in [1.82, 2.24) is 4.98 Å². The summed E-state index contributed by atoms with van der Waals surface area (Å²) in [6.45, 7) is 1.70. The number of aromatic nitrogens is 1. The fraction of sp³-hybridized carbons (Fsp3) is 0.545. The average molecular weight is 242 g/mol. The molecule has 1 aliphatic heterocycles. The van der Waals surface area contributed by atoms with Crippen LogP contribution in [0, 0.1) is 0 Å². The Labute approximate surface area is 100 Å². The molecule has 16 heavy (non-hydrogen) atoms. The van der Waals surface area contributed by atoms with Gasteiger partial charge in [0.15, 0.2) is 5.82 Å². The van der Waals surface area contributed by atoms with Crippen LogP contribution in [0.2, 0.25) is 5.15 Å². The number of nitrogens with two attached hydrogens (primary N) is 1. The van der Waals surface area contributed by atoms with E-state index in [-0.39, 0.29) is 0 Å². The summed E-state index contributed by atoms with van der Waals surface area (Å²) in [5.74, 6) is 0.658. The molecule has 2 rings (SSSR count). The molecule has 1 unspecified atom stereocenters. The summed E-state index contributed by atoms with van der Waals surface area (Å²) in [4.78, 5) is 4.13. The van der Waals surface area contributed by atoms with Gasteiger partial charge in [-0.3, -0.25) is 0 Å². The van der Waals surface area contributed by atoms with Gasteiger partial charge < -0.3 is 15.8 Å². The molecule has 1 aromatic rings. The van der Waals surface area contributed by atoms with Crippen LogP contribution in [0.15, 0.2) is 12.1 Å². The molecule has 0 amide bonds. The third-order valence-corrected chi connectivity index (χ3v) is 2.89. The highest BCUT2D eigenvalue weighted by molar-refractivity contribution is 6.29. The summed E-state index contributed by atoms with van der Waals surface area (Å²) in [5.41, 5.74) is 6.39. The van der Waals surface area contributed by atoms with Crippen molar-refractivity contribution in [3.8, 4) is 0 Å². The number of hydrogen-bond donors (Lipinski definition) is 2. The van der Waals surface area contributed by atoms with Crippen molar-refractivity contribution in [2.75, 3.05) is 24.2 Å². The minimum absolute atomic E-state index is 0.382. The molecule has 4 nitrogen and oxygen atoms in total. The van der Waals surface area contributed by atoms with E-state index in [0.717, 1.165) is 26.0 Å². The molecule has 0 aliphatic carbocycles. The number of anilines is 2. The predicted octanol–water partition coefficient (Wildman–Crippen LogP) is 2.30. The smallest absolute Gasteiger partial charge is 0.150 e. The lowest BCUT2D eigenvalue weighted by molar-refractivity contribution is 0.107. The van der Waals surface area contributed by atoms with Crippen LogP contribution in [-0.2, 0) is 4.74 Å². The van der Waals surface area contributed by atoms with Crippen LogP contribution in [0.25, 0.3) is 0 Å². The first-order chi connectivity index (χ1) is 7.75. The van der Waals surface area contributed by atoms with Crippen LogP contribution >= 0.6 is 11.6 Å². The summed E-state index contributed by atoms with van der Waals surface area (Å²) >= 11 is 5.79. The van der Waals surface area contributed by atoms with Gasteiger partial charge in [0.1, 0.15) is 5.15 Å². The van der Waals surface area contributed by atoms with Crippen LogP contribution in [0.1, 0.15) is 19.3 Å². The van der Waals surface area contributed by atoms with E-state index in [1.54, 1.807) is 12.1 Å². The van der Waals surface area contributed by atoms with Gasteiger partial charge in [0.25, 0.3) is 0 Å². The predicted molar refractivity (Wildman–Crippen MR) is 65.7 cm³/mol. The summed E-state index contributed by atoms with van der Waals surface area (Å²) < 4.78 is 5.53. The number of ether oxygens (including phenoxy) is 1. The van der Waals surface area contributed by atoms with E-state index in [2.05, 4.69) is 10.3 Å². The first-order valence-electron chi connectivity index (χ1n) is 5.53. The number of rotatable bonds is 4. The minimum Gasteiger partial charge on any atom is -0.396 e. The van der Waals surface area contributed by atoms with E-state index in [9.17, 15) is 0 Å². The molecular formula is C11H16ClN3O. The monoisotopic (exact) mass is 241 g/mol. The molecule has 1 atom stereocenters. The standard InChI is InChI=1S/C11H16ClN3O/c12-10-4-3-9(13)11(15-10)14-6-5-8-2-1-7-16-8/h3-4,8H,1-2,5-7,13H2,(H,14,15). The molecule has 3 N–H and O–H groups in total. The van der Waals surface area contributed by atoms with Gasteiger partial charge in [-0.1, -0.05) is 11.6 Å². The van der Waals surface area contributed by atoms with Crippen LogP contribution in [-0.4, -0.2) is 24.2 Å². The fourth-order valence-corrected chi connectivity index (χ4v) is 1.96. The van der Waals surface area contributed by atoms with Crippen LogP contribution < -0.4 is 11.1 Å².